The summed E-state index contributed by atoms with van der Waals surface area (Å²) in [6.45, 7) is 4.98. The molecule has 0 radical (unpaired) electrons. The van der Waals surface area contributed by atoms with Gasteiger partial charge in [-0.15, -0.1) is 0 Å². The molecule has 2 saturated heterocycles. The molecule has 8 nitrogen and oxygen atoms in total. The zero-order chi connectivity index (χ0) is 22.3. The van der Waals surface area contributed by atoms with Crippen LogP contribution in [0.15, 0.2) is 42.6 Å². The van der Waals surface area contributed by atoms with Crippen LogP contribution in [-0.2, 0) is 14.3 Å². The summed E-state index contributed by atoms with van der Waals surface area (Å²) in [5.74, 6) is 0.335. The molecule has 0 spiro atoms. The van der Waals surface area contributed by atoms with Crippen molar-refractivity contribution in [3.63, 3.8) is 0 Å². The number of likely N-dealkylation sites (tertiary alicyclic amines) is 1. The van der Waals surface area contributed by atoms with E-state index in [2.05, 4.69) is 25.4 Å². The van der Waals surface area contributed by atoms with E-state index in [1.807, 2.05) is 24.3 Å². The molecular weight excluding hydrogens is 430 g/mol. The smallest absolute Gasteiger partial charge is 0.238 e. The molecule has 9 heteroatoms. The Hall–Kier alpha value is -2.68. The highest BCUT2D eigenvalue weighted by Gasteiger charge is 2.26. The first kappa shape index (κ1) is 22.5. The number of hydrogen-bond acceptors (Lipinski definition) is 6. The average molecular weight is 458 g/mol. The number of morpholine rings is 1. The summed E-state index contributed by atoms with van der Waals surface area (Å²) >= 11 is 5.83. The molecule has 0 bridgehead atoms. The van der Waals surface area contributed by atoms with E-state index in [9.17, 15) is 9.59 Å². The monoisotopic (exact) mass is 457 g/mol. The van der Waals surface area contributed by atoms with Crippen molar-refractivity contribution >= 4 is 40.6 Å². The number of piperidine rings is 1. The number of pyridine rings is 1. The molecule has 0 atom stereocenters. The van der Waals surface area contributed by atoms with Gasteiger partial charge < -0.3 is 20.3 Å². The highest BCUT2D eigenvalue weighted by Crippen LogP contribution is 2.21. The highest BCUT2D eigenvalue weighted by molar-refractivity contribution is 6.30. The van der Waals surface area contributed by atoms with Crippen LogP contribution in [-0.4, -0.2) is 67.6 Å². The van der Waals surface area contributed by atoms with Crippen molar-refractivity contribution in [3.8, 4) is 0 Å². The maximum absolute atomic E-state index is 12.5. The van der Waals surface area contributed by atoms with Gasteiger partial charge in [0, 0.05) is 36.6 Å². The fraction of sp³-hybridized carbons (Fsp3) is 0.435. The standard InChI is InChI=1S/C23H28ClN5O3/c24-18-1-6-21(25-15-18)27-23(31)17-7-9-28(10-8-17)16-22(30)26-19-2-4-20(5-3-19)29-11-13-32-14-12-29/h1-6,15,17H,7-14,16H2,(H,26,30)(H,25,27,31). The number of carbonyl (C=O) groups is 2. The number of rotatable bonds is 6. The second-order valence-electron chi connectivity index (χ2n) is 8.10. The lowest BCUT2D eigenvalue weighted by molar-refractivity contribution is -0.121. The molecule has 2 N–H and O–H groups in total. The quantitative estimate of drug-likeness (QED) is 0.693. The van der Waals surface area contributed by atoms with Crippen molar-refractivity contribution < 1.29 is 14.3 Å². The van der Waals surface area contributed by atoms with Crippen LogP contribution in [0.5, 0.6) is 0 Å². The Bertz CT molecular complexity index is 908. The van der Waals surface area contributed by atoms with Crippen LogP contribution in [0.3, 0.4) is 0 Å². The number of hydrogen-bond donors (Lipinski definition) is 2. The van der Waals surface area contributed by atoms with Crippen LogP contribution in [0.1, 0.15) is 12.8 Å². The fourth-order valence-corrected chi connectivity index (χ4v) is 4.12. The third-order valence-corrected chi connectivity index (χ3v) is 6.06. The topological polar surface area (TPSA) is 86.8 Å². The normalized spacial score (nSPS) is 17.7. The average Bonchev–Trinajstić information content (AvgIpc) is 2.82. The summed E-state index contributed by atoms with van der Waals surface area (Å²) in [5, 5.41) is 6.34. The van der Waals surface area contributed by atoms with Crippen LogP contribution in [0.25, 0.3) is 0 Å². The van der Waals surface area contributed by atoms with Crippen LogP contribution >= 0.6 is 11.6 Å². The zero-order valence-electron chi connectivity index (χ0n) is 17.9. The molecular formula is C23H28ClN5O3. The maximum Gasteiger partial charge on any atom is 0.238 e. The number of ether oxygens (including phenoxy) is 1. The first-order chi connectivity index (χ1) is 15.6. The summed E-state index contributed by atoms with van der Waals surface area (Å²) in [6.07, 6.45) is 2.93. The summed E-state index contributed by atoms with van der Waals surface area (Å²) in [5.41, 5.74) is 1.93. The van der Waals surface area contributed by atoms with Crippen LogP contribution in [0.2, 0.25) is 5.02 Å². The van der Waals surface area contributed by atoms with Gasteiger partial charge in [-0.3, -0.25) is 14.5 Å². The summed E-state index contributed by atoms with van der Waals surface area (Å²) in [7, 11) is 0. The number of amides is 2. The predicted molar refractivity (Wildman–Crippen MR) is 125 cm³/mol. The van der Waals surface area contributed by atoms with Gasteiger partial charge in [-0.1, -0.05) is 11.6 Å². The Morgan fingerprint density at radius 1 is 1.00 bits per heavy atom. The van der Waals surface area contributed by atoms with Crippen LogP contribution in [0.4, 0.5) is 17.2 Å². The summed E-state index contributed by atoms with van der Waals surface area (Å²) < 4.78 is 5.39. The molecule has 1 aromatic carbocycles. The molecule has 0 saturated carbocycles. The van der Waals surface area contributed by atoms with Crippen molar-refractivity contribution in [3.05, 3.63) is 47.6 Å². The van der Waals surface area contributed by atoms with Gasteiger partial charge in [0.05, 0.1) is 24.8 Å². The molecule has 2 fully saturated rings. The number of aromatic nitrogens is 1. The fourth-order valence-electron chi connectivity index (χ4n) is 4.01. The third kappa shape index (κ3) is 6.18. The van der Waals surface area contributed by atoms with Gasteiger partial charge in [0.25, 0.3) is 0 Å². The molecule has 2 amide bonds. The van der Waals surface area contributed by atoms with E-state index in [1.54, 1.807) is 12.1 Å². The first-order valence-corrected chi connectivity index (χ1v) is 11.3. The van der Waals surface area contributed by atoms with E-state index in [0.29, 0.717) is 43.3 Å². The summed E-state index contributed by atoms with van der Waals surface area (Å²) in [6, 6.07) is 11.3. The van der Waals surface area contributed by atoms with Gasteiger partial charge in [-0.05, 0) is 62.3 Å². The number of nitrogens with zero attached hydrogens (tertiary/aromatic N) is 3. The van der Waals surface area contributed by atoms with E-state index in [0.717, 1.165) is 37.7 Å². The molecule has 2 aromatic rings. The zero-order valence-corrected chi connectivity index (χ0v) is 18.7. The molecule has 2 aliphatic rings. The minimum atomic E-state index is -0.0838. The first-order valence-electron chi connectivity index (χ1n) is 10.9. The number of nitrogens with one attached hydrogen (secondary N) is 2. The number of halogens is 1. The molecule has 3 heterocycles. The molecule has 170 valence electrons. The Morgan fingerprint density at radius 3 is 2.38 bits per heavy atom. The Morgan fingerprint density at radius 2 is 1.72 bits per heavy atom. The van der Waals surface area contributed by atoms with Crippen molar-refractivity contribution in [1.82, 2.24) is 9.88 Å². The lowest BCUT2D eigenvalue weighted by Crippen LogP contribution is -2.41. The minimum absolute atomic E-state index is 0.0377. The van der Waals surface area contributed by atoms with Crippen LogP contribution < -0.4 is 15.5 Å². The number of anilines is 3. The molecule has 0 unspecified atom stereocenters. The van der Waals surface area contributed by atoms with E-state index in [-0.39, 0.29) is 17.7 Å². The van der Waals surface area contributed by atoms with E-state index in [1.165, 1.54) is 6.20 Å². The van der Waals surface area contributed by atoms with Gasteiger partial charge in [-0.25, -0.2) is 4.98 Å². The van der Waals surface area contributed by atoms with Gasteiger partial charge in [0.1, 0.15) is 5.82 Å². The second-order valence-corrected chi connectivity index (χ2v) is 8.53. The Balaban J connectivity index is 1.19. The molecule has 32 heavy (non-hydrogen) atoms. The molecule has 0 aliphatic carbocycles. The van der Waals surface area contributed by atoms with E-state index in [4.69, 9.17) is 16.3 Å². The van der Waals surface area contributed by atoms with Crippen molar-refractivity contribution in [2.24, 2.45) is 5.92 Å². The third-order valence-electron chi connectivity index (χ3n) is 5.83. The van der Waals surface area contributed by atoms with Crippen molar-refractivity contribution in [2.75, 3.05) is 61.5 Å². The van der Waals surface area contributed by atoms with Crippen molar-refractivity contribution in [1.29, 1.82) is 0 Å². The number of carbonyl (C=O) groups excluding carboxylic acids is 2. The SMILES string of the molecule is O=C(CN1CCC(C(=O)Nc2ccc(Cl)cn2)CC1)Nc1ccc(N2CCOCC2)cc1. The number of benzene rings is 1. The van der Waals surface area contributed by atoms with E-state index < -0.39 is 0 Å². The Kier molecular flexibility index (Phi) is 7.57. The van der Waals surface area contributed by atoms with Gasteiger partial charge in [0.2, 0.25) is 11.8 Å². The summed E-state index contributed by atoms with van der Waals surface area (Å²) in [4.78, 5) is 33.4. The maximum atomic E-state index is 12.5. The molecule has 1 aromatic heterocycles. The largest absolute Gasteiger partial charge is 0.378 e. The van der Waals surface area contributed by atoms with Crippen molar-refractivity contribution in [2.45, 2.75) is 12.8 Å². The second kappa shape index (κ2) is 10.8. The lowest BCUT2D eigenvalue weighted by atomic mass is 9.96. The van der Waals surface area contributed by atoms with Gasteiger partial charge >= 0.3 is 0 Å². The van der Waals surface area contributed by atoms with E-state index >= 15 is 0 Å². The van der Waals surface area contributed by atoms with Gasteiger partial charge in [-0.2, -0.15) is 0 Å². The Labute approximate surface area is 192 Å². The minimum Gasteiger partial charge on any atom is -0.378 e. The highest BCUT2D eigenvalue weighted by atomic mass is 35.5. The predicted octanol–water partition coefficient (Wildman–Crippen LogP) is 2.86. The van der Waals surface area contributed by atoms with Gasteiger partial charge in [0.15, 0.2) is 0 Å². The molecule has 2 aliphatic heterocycles. The lowest BCUT2D eigenvalue weighted by Gasteiger charge is -2.30. The molecule has 4 rings (SSSR count). The van der Waals surface area contributed by atoms with Crippen LogP contribution in [0, 0.1) is 5.92 Å².